The fraction of sp³-hybridized carbons (Fsp3) is 0.125. The van der Waals surface area contributed by atoms with E-state index < -0.39 is 17.5 Å². The second kappa shape index (κ2) is 7.69. The van der Waals surface area contributed by atoms with Crippen LogP contribution in [0.25, 0.3) is 0 Å². The fourth-order valence-electron chi connectivity index (χ4n) is 1.85. The minimum absolute atomic E-state index is 0.00106. The van der Waals surface area contributed by atoms with Crippen molar-refractivity contribution in [1.82, 2.24) is 5.32 Å². The molecule has 0 radical (unpaired) electrons. The van der Waals surface area contributed by atoms with Gasteiger partial charge in [-0.3, -0.25) is 9.59 Å². The monoisotopic (exact) mass is 338 g/mol. The van der Waals surface area contributed by atoms with Crippen molar-refractivity contribution >= 4 is 29.1 Å². The van der Waals surface area contributed by atoms with Gasteiger partial charge in [0.15, 0.2) is 0 Å². The molecule has 4 nitrogen and oxygen atoms in total. The van der Waals surface area contributed by atoms with E-state index in [-0.39, 0.29) is 24.4 Å². The topological polar surface area (TPSA) is 58.2 Å². The van der Waals surface area contributed by atoms with E-state index in [1.165, 1.54) is 0 Å². The SMILES string of the molecule is O=C(CCNC(=O)c1ccc(F)cc1F)Nc1cccc(Cl)c1. The summed E-state index contributed by atoms with van der Waals surface area (Å²) in [7, 11) is 0. The maximum absolute atomic E-state index is 13.4. The molecule has 23 heavy (non-hydrogen) atoms. The van der Waals surface area contributed by atoms with E-state index in [2.05, 4.69) is 10.6 Å². The number of carbonyl (C=O) groups is 2. The maximum atomic E-state index is 13.4. The molecule has 0 aliphatic rings. The minimum atomic E-state index is -0.953. The van der Waals surface area contributed by atoms with Crippen LogP contribution in [-0.2, 0) is 4.79 Å². The molecule has 7 heteroatoms. The summed E-state index contributed by atoms with van der Waals surface area (Å²) in [6, 6.07) is 9.30. The zero-order chi connectivity index (χ0) is 16.8. The van der Waals surface area contributed by atoms with E-state index in [9.17, 15) is 18.4 Å². The first-order valence-electron chi connectivity index (χ1n) is 6.74. The van der Waals surface area contributed by atoms with E-state index in [1.807, 2.05) is 0 Å². The van der Waals surface area contributed by atoms with Crippen LogP contribution in [0.1, 0.15) is 16.8 Å². The van der Waals surface area contributed by atoms with Gasteiger partial charge in [0.2, 0.25) is 5.91 Å². The average Bonchev–Trinajstić information content (AvgIpc) is 2.47. The van der Waals surface area contributed by atoms with E-state index in [1.54, 1.807) is 24.3 Å². The average molecular weight is 339 g/mol. The predicted octanol–water partition coefficient (Wildman–Crippen LogP) is 3.38. The van der Waals surface area contributed by atoms with Gasteiger partial charge >= 0.3 is 0 Å². The van der Waals surface area contributed by atoms with Crippen molar-refractivity contribution in [2.75, 3.05) is 11.9 Å². The van der Waals surface area contributed by atoms with Crippen LogP contribution >= 0.6 is 11.6 Å². The summed E-state index contributed by atoms with van der Waals surface area (Å²) in [6.07, 6.45) is 0.00106. The highest BCUT2D eigenvalue weighted by molar-refractivity contribution is 6.30. The Morgan fingerprint density at radius 2 is 1.87 bits per heavy atom. The molecule has 0 aliphatic heterocycles. The molecule has 2 aromatic rings. The predicted molar refractivity (Wildman–Crippen MR) is 83.4 cm³/mol. The summed E-state index contributed by atoms with van der Waals surface area (Å²) in [4.78, 5) is 23.5. The highest BCUT2D eigenvalue weighted by Crippen LogP contribution is 2.15. The Morgan fingerprint density at radius 3 is 2.57 bits per heavy atom. The van der Waals surface area contributed by atoms with Crippen molar-refractivity contribution in [3.63, 3.8) is 0 Å². The third-order valence-corrected chi connectivity index (χ3v) is 3.16. The first kappa shape index (κ1) is 16.9. The molecule has 0 aliphatic carbocycles. The summed E-state index contributed by atoms with van der Waals surface area (Å²) in [5, 5.41) is 5.50. The molecule has 0 bridgehead atoms. The number of nitrogens with one attached hydrogen (secondary N) is 2. The van der Waals surface area contributed by atoms with Gasteiger partial charge in [-0.1, -0.05) is 17.7 Å². The zero-order valence-electron chi connectivity index (χ0n) is 11.9. The van der Waals surface area contributed by atoms with Crippen molar-refractivity contribution in [2.45, 2.75) is 6.42 Å². The molecule has 0 atom stereocenters. The summed E-state index contributed by atoms with van der Waals surface area (Å²) in [5.41, 5.74) is 0.264. The number of amides is 2. The summed E-state index contributed by atoms with van der Waals surface area (Å²) >= 11 is 5.80. The van der Waals surface area contributed by atoms with Gasteiger partial charge in [0.1, 0.15) is 11.6 Å². The number of hydrogen-bond donors (Lipinski definition) is 2. The maximum Gasteiger partial charge on any atom is 0.254 e. The summed E-state index contributed by atoms with van der Waals surface area (Å²) in [5.74, 6) is -2.75. The third kappa shape index (κ3) is 5.03. The van der Waals surface area contributed by atoms with Gasteiger partial charge in [0, 0.05) is 29.7 Å². The van der Waals surface area contributed by atoms with Crippen LogP contribution in [0, 0.1) is 11.6 Å². The molecule has 2 rings (SSSR count). The lowest BCUT2D eigenvalue weighted by Gasteiger charge is -2.07. The van der Waals surface area contributed by atoms with Crippen LogP contribution in [-0.4, -0.2) is 18.4 Å². The van der Waals surface area contributed by atoms with Crippen molar-refractivity contribution < 1.29 is 18.4 Å². The number of halogens is 3. The molecular weight excluding hydrogens is 326 g/mol. The van der Waals surface area contributed by atoms with E-state index in [4.69, 9.17) is 11.6 Å². The third-order valence-electron chi connectivity index (χ3n) is 2.92. The van der Waals surface area contributed by atoms with E-state index >= 15 is 0 Å². The Balaban J connectivity index is 1.82. The zero-order valence-corrected chi connectivity index (χ0v) is 12.7. The molecule has 2 N–H and O–H groups in total. The van der Waals surface area contributed by atoms with E-state index in [0.717, 1.165) is 12.1 Å². The number of anilines is 1. The van der Waals surface area contributed by atoms with Gasteiger partial charge in [0.05, 0.1) is 5.56 Å². The highest BCUT2D eigenvalue weighted by atomic mass is 35.5. The van der Waals surface area contributed by atoms with Gasteiger partial charge < -0.3 is 10.6 Å². The molecule has 0 saturated carbocycles. The van der Waals surface area contributed by atoms with Gasteiger partial charge in [0.25, 0.3) is 5.91 Å². The molecule has 0 heterocycles. The first-order chi connectivity index (χ1) is 11.0. The van der Waals surface area contributed by atoms with Crippen LogP contribution in [0.4, 0.5) is 14.5 Å². The molecule has 0 saturated heterocycles. The van der Waals surface area contributed by atoms with Crippen molar-refractivity contribution in [2.24, 2.45) is 0 Å². The number of rotatable bonds is 5. The highest BCUT2D eigenvalue weighted by Gasteiger charge is 2.12. The fourth-order valence-corrected chi connectivity index (χ4v) is 2.04. The molecule has 2 amide bonds. The second-order valence-corrected chi connectivity index (χ2v) is 5.13. The van der Waals surface area contributed by atoms with E-state index in [0.29, 0.717) is 16.8 Å². The number of benzene rings is 2. The number of carbonyl (C=O) groups excluding carboxylic acids is 2. The Bertz CT molecular complexity index is 738. The smallest absolute Gasteiger partial charge is 0.254 e. The Kier molecular flexibility index (Phi) is 5.65. The van der Waals surface area contributed by atoms with Crippen LogP contribution in [0.3, 0.4) is 0 Å². The standard InChI is InChI=1S/C16H13ClF2N2O2/c17-10-2-1-3-12(8-10)21-15(22)6-7-20-16(23)13-5-4-11(18)9-14(13)19/h1-5,8-9H,6-7H2,(H,20,23)(H,21,22). The van der Waals surface area contributed by atoms with Gasteiger partial charge in [-0.2, -0.15) is 0 Å². The Hall–Kier alpha value is -2.47. The van der Waals surface area contributed by atoms with Crippen molar-refractivity contribution in [1.29, 1.82) is 0 Å². The molecule has 0 fully saturated rings. The van der Waals surface area contributed by atoms with Gasteiger partial charge in [-0.25, -0.2) is 8.78 Å². The first-order valence-corrected chi connectivity index (χ1v) is 7.12. The van der Waals surface area contributed by atoms with Crippen LogP contribution in [0.5, 0.6) is 0 Å². The van der Waals surface area contributed by atoms with Crippen molar-refractivity contribution in [3.05, 3.63) is 64.7 Å². The molecule has 0 unspecified atom stereocenters. The quantitative estimate of drug-likeness (QED) is 0.878. The lowest BCUT2D eigenvalue weighted by Crippen LogP contribution is -2.28. The molecule has 0 spiro atoms. The van der Waals surface area contributed by atoms with Gasteiger partial charge in [-0.05, 0) is 30.3 Å². The second-order valence-electron chi connectivity index (χ2n) is 4.69. The normalized spacial score (nSPS) is 10.2. The largest absolute Gasteiger partial charge is 0.351 e. The molecular formula is C16H13ClF2N2O2. The molecule has 120 valence electrons. The Morgan fingerprint density at radius 1 is 1.09 bits per heavy atom. The van der Waals surface area contributed by atoms with Crippen LogP contribution in [0.15, 0.2) is 42.5 Å². The number of hydrogen-bond acceptors (Lipinski definition) is 2. The van der Waals surface area contributed by atoms with Crippen LogP contribution < -0.4 is 10.6 Å². The molecule has 0 aromatic heterocycles. The molecule has 2 aromatic carbocycles. The Labute approximate surface area is 136 Å². The van der Waals surface area contributed by atoms with Gasteiger partial charge in [-0.15, -0.1) is 0 Å². The van der Waals surface area contributed by atoms with Crippen molar-refractivity contribution in [3.8, 4) is 0 Å². The lowest BCUT2D eigenvalue weighted by molar-refractivity contribution is -0.116. The van der Waals surface area contributed by atoms with Crippen LogP contribution in [0.2, 0.25) is 5.02 Å². The lowest BCUT2D eigenvalue weighted by atomic mass is 10.2. The summed E-state index contributed by atoms with van der Waals surface area (Å²) < 4.78 is 26.2. The minimum Gasteiger partial charge on any atom is -0.351 e. The summed E-state index contributed by atoms with van der Waals surface area (Å²) in [6.45, 7) is 0.0159.